The number of hydrogen-bond donors (Lipinski definition) is 3. The SMILES string of the molecule is CNC(=O)N(N)c1cc(C)ccc1O[C@@H](C)CO. The van der Waals surface area contributed by atoms with Crippen LogP contribution < -0.4 is 20.9 Å². The minimum Gasteiger partial charge on any atom is -0.486 e. The maximum absolute atomic E-state index is 11.5. The lowest BCUT2D eigenvalue weighted by atomic mass is 10.2. The number of carbonyl (C=O) groups excluding carboxylic acids is 1. The van der Waals surface area contributed by atoms with Crippen molar-refractivity contribution in [1.82, 2.24) is 5.32 Å². The second-order valence-corrected chi connectivity index (χ2v) is 4.01. The lowest BCUT2D eigenvalue weighted by Gasteiger charge is -2.22. The lowest BCUT2D eigenvalue weighted by Crippen LogP contribution is -2.43. The molecule has 100 valence electrons. The molecule has 0 heterocycles. The van der Waals surface area contributed by atoms with Gasteiger partial charge < -0.3 is 15.2 Å². The summed E-state index contributed by atoms with van der Waals surface area (Å²) >= 11 is 0. The van der Waals surface area contributed by atoms with Gasteiger partial charge in [0.2, 0.25) is 0 Å². The van der Waals surface area contributed by atoms with Crippen molar-refractivity contribution in [3.8, 4) is 5.75 Å². The fraction of sp³-hybridized carbons (Fsp3) is 0.417. The molecule has 1 atom stereocenters. The van der Waals surface area contributed by atoms with Gasteiger partial charge >= 0.3 is 6.03 Å². The molecular formula is C12H19N3O3. The van der Waals surface area contributed by atoms with Gasteiger partial charge in [0, 0.05) is 7.05 Å². The average Bonchev–Trinajstić information content (AvgIpc) is 2.38. The standard InChI is InChI=1S/C12H19N3O3/c1-8-4-5-11(18-9(2)7-16)10(6-8)15(13)12(17)14-3/h4-6,9,16H,7,13H2,1-3H3,(H,14,17)/t9-/m0/s1. The molecule has 1 rings (SSSR count). The summed E-state index contributed by atoms with van der Waals surface area (Å²) in [6.45, 7) is 3.50. The summed E-state index contributed by atoms with van der Waals surface area (Å²) in [6.07, 6.45) is -0.371. The van der Waals surface area contributed by atoms with Gasteiger partial charge in [0.15, 0.2) is 0 Å². The molecule has 6 heteroatoms. The summed E-state index contributed by atoms with van der Waals surface area (Å²) in [6, 6.07) is 4.87. The maximum atomic E-state index is 11.5. The molecule has 2 amide bonds. The molecule has 4 N–H and O–H groups in total. The summed E-state index contributed by atoms with van der Waals surface area (Å²) in [5.41, 5.74) is 1.41. The molecular weight excluding hydrogens is 234 g/mol. The molecule has 0 unspecified atom stereocenters. The summed E-state index contributed by atoms with van der Waals surface area (Å²) < 4.78 is 5.51. The van der Waals surface area contributed by atoms with E-state index < -0.39 is 6.03 Å². The number of hydrogen-bond acceptors (Lipinski definition) is 4. The number of urea groups is 1. The Kier molecular flexibility index (Phi) is 4.94. The van der Waals surface area contributed by atoms with Gasteiger partial charge in [-0.05, 0) is 31.5 Å². The first-order valence-electron chi connectivity index (χ1n) is 5.64. The van der Waals surface area contributed by atoms with Crippen LogP contribution in [-0.4, -0.2) is 30.9 Å². The fourth-order valence-corrected chi connectivity index (χ4v) is 1.40. The van der Waals surface area contributed by atoms with Gasteiger partial charge in [-0.2, -0.15) is 0 Å². The van der Waals surface area contributed by atoms with Gasteiger partial charge in [0.25, 0.3) is 0 Å². The normalized spacial score (nSPS) is 11.8. The third-order valence-corrected chi connectivity index (χ3v) is 2.39. The Morgan fingerprint density at radius 3 is 2.83 bits per heavy atom. The van der Waals surface area contributed by atoms with E-state index >= 15 is 0 Å². The van der Waals surface area contributed by atoms with Crippen LogP contribution >= 0.6 is 0 Å². The van der Waals surface area contributed by atoms with Gasteiger partial charge in [-0.3, -0.25) is 0 Å². The van der Waals surface area contributed by atoms with E-state index in [2.05, 4.69) is 5.32 Å². The first-order chi connectivity index (χ1) is 8.49. The van der Waals surface area contributed by atoms with E-state index in [0.717, 1.165) is 10.6 Å². The van der Waals surface area contributed by atoms with Crippen molar-refractivity contribution in [2.24, 2.45) is 5.84 Å². The van der Waals surface area contributed by atoms with E-state index in [1.807, 2.05) is 13.0 Å². The molecule has 18 heavy (non-hydrogen) atoms. The highest BCUT2D eigenvalue weighted by atomic mass is 16.5. The number of amides is 2. The molecule has 0 radical (unpaired) electrons. The zero-order chi connectivity index (χ0) is 13.7. The smallest absolute Gasteiger partial charge is 0.336 e. The highest BCUT2D eigenvalue weighted by molar-refractivity contribution is 5.92. The number of nitrogens with zero attached hydrogens (tertiary/aromatic N) is 1. The number of aliphatic hydroxyl groups excluding tert-OH is 1. The summed E-state index contributed by atoms with van der Waals surface area (Å²) in [4.78, 5) is 11.5. The van der Waals surface area contributed by atoms with Crippen molar-refractivity contribution < 1.29 is 14.6 Å². The van der Waals surface area contributed by atoms with Crippen molar-refractivity contribution in [3.63, 3.8) is 0 Å². The first-order valence-corrected chi connectivity index (χ1v) is 5.64. The predicted molar refractivity (Wildman–Crippen MR) is 69.5 cm³/mol. The van der Waals surface area contributed by atoms with Gasteiger partial charge in [-0.25, -0.2) is 15.6 Å². The topological polar surface area (TPSA) is 87.8 Å². The van der Waals surface area contributed by atoms with E-state index in [9.17, 15) is 4.79 Å². The quantitative estimate of drug-likeness (QED) is 0.420. The molecule has 0 aromatic heterocycles. The zero-order valence-electron chi connectivity index (χ0n) is 10.8. The first kappa shape index (κ1) is 14.3. The van der Waals surface area contributed by atoms with E-state index in [4.69, 9.17) is 15.7 Å². The molecule has 0 bridgehead atoms. The molecule has 0 aliphatic heterocycles. The van der Waals surface area contributed by atoms with Crippen LogP contribution in [0.3, 0.4) is 0 Å². The van der Waals surface area contributed by atoms with Crippen molar-refractivity contribution >= 4 is 11.7 Å². The van der Waals surface area contributed by atoms with Gasteiger partial charge in [-0.1, -0.05) is 6.07 Å². The number of anilines is 1. The van der Waals surface area contributed by atoms with Crippen LogP contribution in [0.25, 0.3) is 0 Å². The summed E-state index contributed by atoms with van der Waals surface area (Å²) in [7, 11) is 1.49. The molecule has 0 aliphatic rings. The average molecular weight is 253 g/mol. The fourth-order valence-electron chi connectivity index (χ4n) is 1.40. The predicted octanol–water partition coefficient (Wildman–Crippen LogP) is 0.774. The van der Waals surface area contributed by atoms with Crippen LogP contribution in [0.2, 0.25) is 0 Å². The Balaban J connectivity index is 3.07. The van der Waals surface area contributed by atoms with Gasteiger partial charge in [0.1, 0.15) is 17.5 Å². The summed E-state index contributed by atoms with van der Waals surface area (Å²) in [5.74, 6) is 6.17. The molecule has 6 nitrogen and oxygen atoms in total. The Morgan fingerprint density at radius 1 is 1.61 bits per heavy atom. The van der Waals surface area contributed by atoms with E-state index in [0.29, 0.717) is 11.4 Å². The van der Waals surface area contributed by atoms with E-state index in [1.165, 1.54) is 7.05 Å². The Bertz CT molecular complexity index is 423. The number of aryl methyl sites for hydroxylation is 1. The van der Waals surface area contributed by atoms with Crippen molar-refractivity contribution in [1.29, 1.82) is 0 Å². The number of benzene rings is 1. The van der Waals surface area contributed by atoms with Crippen LogP contribution in [0.5, 0.6) is 5.75 Å². The largest absolute Gasteiger partial charge is 0.486 e. The van der Waals surface area contributed by atoms with Crippen LogP contribution in [0.15, 0.2) is 18.2 Å². The molecule has 0 fully saturated rings. The third kappa shape index (κ3) is 3.35. The highest BCUT2D eigenvalue weighted by Gasteiger charge is 2.16. The van der Waals surface area contributed by atoms with Crippen molar-refractivity contribution in [2.45, 2.75) is 20.0 Å². The number of nitrogens with one attached hydrogen (secondary N) is 1. The minimum absolute atomic E-state index is 0.113. The van der Waals surface area contributed by atoms with E-state index in [-0.39, 0.29) is 12.7 Å². The number of aliphatic hydroxyl groups is 1. The molecule has 0 aliphatic carbocycles. The number of ether oxygens (including phenoxy) is 1. The monoisotopic (exact) mass is 253 g/mol. The molecule has 1 aromatic carbocycles. The molecule has 0 saturated heterocycles. The van der Waals surface area contributed by atoms with Crippen LogP contribution in [0.1, 0.15) is 12.5 Å². The number of rotatable bonds is 4. The van der Waals surface area contributed by atoms with Gasteiger partial charge in [0.05, 0.1) is 6.61 Å². The molecule has 0 spiro atoms. The van der Waals surface area contributed by atoms with Gasteiger partial charge in [-0.15, -0.1) is 0 Å². The second-order valence-electron chi connectivity index (χ2n) is 4.01. The maximum Gasteiger partial charge on any atom is 0.336 e. The Morgan fingerprint density at radius 2 is 2.28 bits per heavy atom. The molecule has 0 saturated carbocycles. The highest BCUT2D eigenvalue weighted by Crippen LogP contribution is 2.28. The molecule has 1 aromatic rings. The number of carbonyl (C=O) groups is 1. The summed E-state index contributed by atoms with van der Waals surface area (Å²) in [5, 5.41) is 12.4. The van der Waals surface area contributed by atoms with Crippen molar-refractivity contribution in [2.75, 3.05) is 18.7 Å². The number of nitrogens with two attached hydrogens (primary N) is 1. The van der Waals surface area contributed by atoms with E-state index in [1.54, 1.807) is 19.1 Å². The third-order valence-electron chi connectivity index (χ3n) is 2.39. The lowest BCUT2D eigenvalue weighted by molar-refractivity contribution is 0.130. The second kappa shape index (κ2) is 6.23. The van der Waals surface area contributed by atoms with Crippen molar-refractivity contribution in [3.05, 3.63) is 23.8 Å². The van der Waals surface area contributed by atoms with Crippen LogP contribution in [0, 0.1) is 6.92 Å². The zero-order valence-corrected chi connectivity index (χ0v) is 10.8. The Labute approximate surface area is 106 Å². The Hall–Kier alpha value is -1.79. The minimum atomic E-state index is -0.442. The van der Waals surface area contributed by atoms with Crippen LogP contribution in [0.4, 0.5) is 10.5 Å². The van der Waals surface area contributed by atoms with Crippen LogP contribution in [-0.2, 0) is 0 Å². The number of hydrazine groups is 1.